The van der Waals surface area contributed by atoms with E-state index >= 15 is 0 Å². The lowest BCUT2D eigenvalue weighted by atomic mass is 10.2. The molecule has 1 aromatic heterocycles. The Morgan fingerprint density at radius 1 is 1.15 bits per heavy atom. The van der Waals surface area contributed by atoms with Crippen molar-refractivity contribution in [1.82, 2.24) is 19.4 Å². The molecule has 0 aliphatic carbocycles. The lowest BCUT2D eigenvalue weighted by Gasteiger charge is -2.34. The van der Waals surface area contributed by atoms with Crippen LogP contribution in [0.25, 0.3) is 11.0 Å². The SMILES string of the molecule is CCOC(=O)N1CCN(C(=O)Cn2c(=O)c(=O)[nH]c3cc(F)ccc32)CC1. The molecule has 2 aromatic rings. The lowest BCUT2D eigenvalue weighted by molar-refractivity contribution is -0.133. The van der Waals surface area contributed by atoms with E-state index in [1.165, 1.54) is 15.9 Å². The molecule has 2 amide bonds. The van der Waals surface area contributed by atoms with Crippen LogP contribution in [-0.4, -0.2) is 64.1 Å². The highest BCUT2D eigenvalue weighted by Gasteiger charge is 2.25. The Morgan fingerprint density at radius 3 is 2.48 bits per heavy atom. The maximum absolute atomic E-state index is 13.4. The van der Waals surface area contributed by atoms with Gasteiger partial charge < -0.3 is 19.5 Å². The van der Waals surface area contributed by atoms with E-state index in [4.69, 9.17) is 4.74 Å². The standard InChI is InChI=1S/C17H19FN4O5/c1-2-27-17(26)21-7-5-20(6-8-21)14(23)10-22-13-4-3-11(18)9-12(13)19-15(24)16(22)25/h3-4,9H,2,5-8,10H2,1H3,(H,19,24). The average molecular weight is 378 g/mol. The van der Waals surface area contributed by atoms with Gasteiger partial charge in [-0.3, -0.25) is 19.0 Å². The van der Waals surface area contributed by atoms with Gasteiger partial charge in [-0.1, -0.05) is 0 Å². The van der Waals surface area contributed by atoms with E-state index < -0.39 is 23.0 Å². The second-order valence-electron chi connectivity index (χ2n) is 6.07. The summed E-state index contributed by atoms with van der Waals surface area (Å²) in [5, 5.41) is 0. The number of ether oxygens (including phenoxy) is 1. The number of carbonyl (C=O) groups excluding carboxylic acids is 2. The quantitative estimate of drug-likeness (QED) is 0.765. The number of hydrogen-bond donors (Lipinski definition) is 1. The average Bonchev–Trinajstić information content (AvgIpc) is 2.65. The Hall–Kier alpha value is -3.17. The van der Waals surface area contributed by atoms with Crippen LogP contribution in [0.2, 0.25) is 0 Å². The van der Waals surface area contributed by atoms with Gasteiger partial charge in [-0.15, -0.1) is 0 Å². The minimum Gasteiger partial charge on any atom is -0.450 e. The molecule has 0 atom stereocenters. The zero-order valence-electron chi connectivity index (χ0n) is 14.7. The van der Waals surface area contributed by atoms with Crippen LogP contribution in [0, 0.1) is 5.82 Å². The molecule has 0 spiro atoms. The minimum absolute atomic E-state index is 0.138. The predicted molar refractivity (Wildman–Crippen MR) is 94.0 cm³/mol. The zero-order valence-corrected chi connectivity index (χ0v) is 14.7. The maximum atomic E-state index is 13.4. The van der Waals surface area contributed by atoms with Gasteiger partial charge in [-0.2, -0.15) is 0 Å². The molecule has 1 fully saturated rings. The fourth-order valence-corrected chi connectivity index (χ4v) is 3.00. The van der Waals surface area contributed by atoms with Gasteiger partial charge in [0.05, 0.1) is 17.6 Å². The summed E-state index contributed by atoms with van der Waals surface area (Å²) >= 11 is 0. The van der Waals surface area contributed by atoms with Crippen molar-refractivity contribution in [3.8, 4) is 0 Å². The number of fused-ring (bicyclic) bond motifs is 1. The van der Waals surface area contributed by atoms with E-state index in [0.717, 1.165) is 16.7 Å². The number of piperazine rings is 1. The number of nitrogens with zero attached hydrogens (tertiary/aromatic N) is 3. The molecule has 144 valence electrons. The van der Waals surface area contributed by atoms with Crippen molar-refractivity contribution in [2.75, 3.05) is 32.8 Å². The van der Waals surface area contributed by atoms with Gasteiger partial charge in [0.1, 0.15) is 12.4 Å². The first-order valence-electron chi connectivity index (χ1n) is 8.52. The number of rotatable bonds is 3. The Kier molecular flexibility index (Phi) is 5.24. The molecule has 1 aliphatic heterocycles. The summed E-state index contributed by atoms with van der Waals surface area (Å²) in [6.07, 6.45) is -0.427. The fourth-order valence-electron chi connectivity index (χ4n) is 3.00. The Morgan fingerprint density at radius 2 is 1.81 bits per heavy atom. The Bertz CT molecular complexity index is 991. The van der Waals surface area contributed by atoms with E-state index in [1.54, 1.807) is 6.92 Å². The highest BCUT2D eigenvalue weighted by Crippen LogP contribution is 2.11. The highest BCUT2D eigenvalue weighted by molar-refractivity contribution is 5.80. The van der Waals surface area contributed by atoms with Crippen LogP contribution in [0.4, 0.5) is 9.18 Å². The first-order valence-corrected chi connectivity index (χ1v) is 8.52. The van der Waals surface area contributed by atoms with Crippen LogP contribution in [0.3, 0.4) is 0 Å². The second kappa shape index (κ2) is 7.60. The highest BCUT2D eigenvalue weighted by atomic mass is 19.1. The zero-order chi connectivity index (χ0) is 19.6. The van der Waals surface area contributed by atoms with Gasteiger partial charge in [0, 0.05) is 26.2 Å². The largest absolute Gasteiger partial charge is 0.450 e. The molecule has 2 heterocycles. The number of benzene rings is 1. The minimum atomic E-state index is -0.923. The van der Waals surface area contributed by atoms with Crippen molar-refractivity contribution in [3.05, 3.63) is 44.7 Å². The van der Waals surface area contributed by atoms with E-state index in [9.17, 15) is 23.6 Å². The van der Waals surface area contributed by atoms with Crippen molar-refractivity contribution < 1.29 is 18.7 Å². The predicted octanol–water partition coefficient (Wildman–Crippen LogP) is 0.130. The molecule has 0 saturated carbocycles. The number of carbonyl (C=O) groups is 2. The van der Waals surface area contributed by atoms with Crippen LogP contribution in [0.15, 0.2) is 27.8 Å². The number of aromatic nitrogens is 2. The van der Waals surface area contributed by atoms with Gasteiger partial charge in [0.25, 0.3) is 0 Å². The second-order valence-corrected chi connectivity index (χ2v) is 6.07. The molecule has 0 bridgehead atoms. The summed E-state index contributed by atoms with van der Waals surface area (Å²) in [5.74, 6) is -0.929. The smallest absolute Gasteiger partial charge is 0.409 e. The van der Waals surface area contributed by atoms with Crippen LogP contribution in [0.1, 0.15) is 6.92 Å². The molecule has 9 nitrogen and oxygen atoms in total. The number of nitrogens with one attached hydrogen (secondary N) is 1. The number of amides is 2. The van der Waals surface area contributed by atoms with Gasteiger partial charge in [-0.25, -0.2) is 9.18 Å². The lowest BCUT2D eigenvalue weighted by Crippen LogP contribution is -2.52. The van der Waals surface area contributed by atoms with E-state index in [1.807, 2.05) is 0 Å². The Labute approximate surface area is 152 Å². The molecular formula is C17H19FN4O5. The van der Waals surface area contributed by atoms with E-state index in [0.29, 0.717) is 26.2 Å². The van der Waals surface area contributed by atoms with E-state index in [2.05, 4.69) is 4.98 Å². The molecule has 10 heteroatoms. The van der Waals surface area contributed by atoms with Crippen LogP contribution in [-0.2, 0) is 16.1 Å². The van der Waals surface area contributed by atoms with Crippen LogP contribution in [0.5, 0.6) is 0 Å². The van der Waals surface area contributed by atoms with Crippen LogP contribution >= 0.6 is 0 Å². The fraction of sp³-hybridized carbons (Fsp3) is 0.412. The van der Waals surface area contributed by atoms with Crippen LogP contribution < -0.4 is 11.1 Å². The summed E-state index contributed by atoms with van der Waals surface area (Å²) in [6, 6.07) is 3.59. The third kappa shape index (κ3) is 3.83. The summed E-state index contributed by atoms with van der Waals surface area (Å²) in [4.78, 5) is 53.6. The van der Waals surface area contributed by atoms with Crippen molar-refractivity contribution in [2.45, 2.75) is 13.5 Å². The Balaban J connectivity index is 1.77. The summed E-state index contributed by atoms with van der Waals surface area (Å²) in [6.45, 7) is 2.88. The van der Waals surface area contributed by atoms with Gasteiger partial charge >= 0.3 is 17.2 Å². The topological polar surface area (TPSA) is 105 Å². The molecule has 1 aliphatic rings. The van der Waals surface area contributed by atoms with Crippen molar-refractivity contribution in [1.29, 1.82) is 0 Å². The van der Waals surface area contributed by atoms with Gasteiger partial charge in [0.15, 0.2) is 0 Å². The van der Waals surface area contributed by atoms with Gasteiger partial charge in [-0.05, 0) is 25.1 Å². The third-order valence-electron chi connectivity index (χ3n) is 4.39. The third-order valence-corrected chi connectivity index (χ3v) is 4.39. The monoisotopic (exact) mass is 378 g/mol. The maximum Gasteiger partial charge on any atom is 0.409 e. The molecular weight excluding hydrogens is 359 g/mol. The van der Waals surface area contributed by atoms with Gasteiger partial charge in [0.2, 0.25) is 5.91 Å². The molecule has 1 aromatic carbocycles. The number of hydrogen-bond acceptors (Lipinski definition) is 5. The molecule has 0 unspecified atom stereocenters. The summed E-state index contributed by atoms with van der Waals surface area (Å²) in [7, 11) is 0. The number of aromatic amines is 1. The molecule has 0 radical (unpaired) electrons. The molecule has 27 heavy (non-hydrogen) atoms. The molecule has 3 rings (SSSR count). The first-order chi connectivity index (χ1) is 12.9. The molecule has 1 saturated heterocycles. The molecule has 1 N–H and O–H groups in total. The summed E-state index contributed by atoms with van der Waals surface area (Å²) in [5.41, 5.74) is -1.40. The number of halogens is 1. The van der Waals surface area contributed by atoms with E-state index in [-0.39, 0.29) is 30.1 Å². The van der Waals surface area contributed by atoms with Crippen molar-refractivity contribution >= 4 is 23.0 Å². The van der Waals surface area contributed by atoms with Crippen molar-refractivity contribution in [3.63, 3.8) is 0 Å². The number of H-pyrrole nitrogens is 1. The normalized spacial score (nSPS) is 14.4. The first kappa shape index (κ1) is 18.6. The summed E-state index contributed by atoms with van der Waals surface area (Å²) < 4.78 is 19.3. The van der Waals surface area contributed by atoms with Crippen molar-refractivity contribution in [2.24, 2.45) is 0 Å².